The van der Waals surface area contributed by atoms with Crippen LogP contribution in [0.15, 0.2) is 53.7 Å². The van der Waals surface area contributed by atoms with Crippen LogP contribution in [0.25, 0.3) is 11.4 Å². The van der Waals surface area contributed by atoms with E-state index >= 15 is 0 Å². The maximum Gasteiger partial charge on any atom is 0.226 e. The number of hydrogen-bond donors (Lipinski definition) is 1. The number of carbonyl (C=O) groups excluding carboxylic acids is 1. The molecule has 1 atom stereocenters. The first-order valence-corrected chi connectivity index (χ1v) is 10.8. The highest BCUT2D eigenvalue weighted by Gasteiger charge is 2.42. The predicted octanol–water partition coefficient (Wildman–Crippen LogP) is 4.76. The molecule has 2 aromatic carbocycles. The van der Waals surface area contributed by atoms with Crippen LogP contribution in [0.3, 0.4) is 0 Å². The topological polar surface area (TPSA) is 78.3 Å². The van der Waals surface area contributed by atoms with Crippen molar-refractivity contribution >= 4 is 11.7 Å². The van der Waals surface area contributed by atoms with Gasteiger partial charge < -0.3 is 14.8 Å². The van der Waals surface area contributed by atoms with Gasteiger partial charge in [-0.2, -0.15) is 4.98 Å². The molecule has 0 spiro atoms. The molecule has 0 bridgehead atoms. The van der Waals surface area contributed by atoms with Crippen molar-refractivity contribution < 1.29 is 18.7 Å². The molecule has 3 aromatic rings. The molecule has 1 aliphatic heterocycles. The number of allylic oxidation sites excluding steroid dienone is 2. The lowest BCUT2D eigenvalue weighted by atomic mass is 9.73. The Labute approximate surface area is 191 Å². The Hall–Kier alpha value is -3.68. The van der Waals surface area contributed by atoms with Gasteiger partial charge >= 0.3 is 0 Å². The summed E-state index contributed by atoms with van der Waals surface area (Å²) in [5, 5.41) is 8.03. The summed E-state index contributed by atoms with van der Waals surface area (Å²) < 4.78 is 27.4. The molecular formula is C25H25FN4O3. The lowest BCUT2D eigenvalue weighted by Crippen LogP contribution is -2.36. The largest absolute Gasteiger partial charge is 0.497 e. The molecule has 170 valence electrons. The molecule has 0 radical (unpaired) electrons. The molecule has 0 fully saturated rings. The Balaban J connectivity index is 1.69. The maximum absolute atomic E-state index is 15.0. The second kappa shape index (κ2) is 7.72. The Morgan fingerprint density at radius 2 is 1.79 bits per heavy atom. The fourth-order valence-corrected chi connectivity index (χ4v) is 4.65. The van der Waals surface area contributed by atoms with E-state index in [2.05, 4.69) is 19.2 Å². The summed E-state index contributed by atoms with van der Waals surface area (Å²) in [7, 11) is 3.15. The van der Waals surface area contributed by atoms with Gasteiger partial charge in [-0.25, -0.2) is 9.07 Å². The highest BCUT2D eigenvalue weighted by atomic mass is 19.1. The van der Waals surface area contributed by atoms with E-state index in [9.17, 15) is 9.18 Å². The van der Waals surface area contributed by atoms with Gasteiger partial charge in [0.1, 0.15) is 23.4 Å². The van der Waals surface area contributed by atoms with Gasteiger partial charge in [-0.05, 0) is 30.0 Å². The minimum Gasteiger partial charge on any atom is -0.497 e. The minimum absolute atomic E-state index is 0.00671. The molecule has 33 heavy (non-hydrogen) atoms. The van der Waals surface area contributed by atoms with Crippen LogP contribution in [0, 0.1) is 11.2 Å². The number of ketones is 1. The van der Waals surface area contributed by atoms with Gasteiger partial charge in [0.2, 0.25) is 5.95 Å². The summed E-state index contributed by atoms with van der Waals surface area (Å²) in [4.78, 5) is 18.0. The Morgan fingerprint density at radius 1 is 1.09 bits per heavy atom. The standard InChI is InChI=1S/C25H25FN4O3/c1-25(2)12-19-21(20(31)13-25)22(17-7-5-6-8-18(17)26)30-24(27-19)28-23(29-30)14-9-15(32-3)11-16(10-14)33-4/h5-11,22H,12-13H2,1-4H3,(H,27,28,29). The zero-order valence-corrected chi connectivity index (χ0v) is 19.0. The van der Waals surface area contributed by atoms with E-state index < -0.39 is 6.04 Å². The second-order valence-electron chi connectivity index (χ2n) is 9.19. The van der Waals surface area contributed by atoms with Crippen LogP contribution < -0.4 is 14.8 Å². The molecule has 1 aromatic heterocycles. The third-order valence-electron chi connectivity index (χ3n) is 6.14. The molecule has 2 heterocycles. The molecule has 1 unspecified atom stereocenters. The van der Waals surface area contributed by atoms with E-state index in [1.54, 1.807) is 43.2 Å². The van der Waals surface area contributed by atoms with Gasteiger partial charge in [-0.1, -0.05) is 32.0 Å². The first-order valence-electron chi connectivity index (χ1n) is 10.8. The van der Waals surface area contributed by atoms with Gasteiger partial charge in [0.25, 0.3) is 0 Å². The number of carbonyl (C=O) groups is 1. The smallest absolute Gasteiger partial charge is 0.226 e. The number of anilines is 1. The summed E-state index contributed by atoms with van der Waals surface area (Å²) in [6.45, 7) is 4.11. The van der Waals surface area contributed by atoms with E-state index in [1.165, 1.54) is 6.07 Å². The van der Waals surface area contributed by atoms with E-state index in [4.69, 9.17) is 19.6 Å². The molecule has 0 saturated carbocycles. The van der Waals surface area contributed by atoms with Gasteiger partial charge in [0, 0.05) is 34.9 Å². The highest BCUT2D eigenvalue weighted by Crippen LogP contribution is 2.46. The predicted molar refractivity (Wildman–Crippen MR) is 122 cm³/mol. The Kier molecular flexibility index (Phi) is 4.96. The van der Waals surface area contributed by atoms with Crippen molar-refractivity contribution in [1.82, 2.24) is 14.8 Å². The fourth-order valence-electron chi connectivity index (χ4n) is 4.65. The first-order chi connectivity index (χ1) is 15.8. The molecule has 7 nitrogen and oxygen atoms in total. The summed E-state index contributed by atoms with van der Waals surface area (Å²) >= 11 is 0. The van der Waals surface area contributed by atoms with Crippen molar-refractivity contribution in [1.29, 1.82) is 0 Å². The number of nitrogens with one attached hydrogen (secondary N) is 1. The average Bonchev–Trinajstić information content (AvgIpc) is 3.21. The van der Waals surface area contributed by atoms with E-state index in [1.807, 2.05) is 12.1 Å². The molecule has 8 heteroatoms. The number of rotatable bonds is 4. The van der Waals surface area contributed by atoms with E-state index in [0.29, 0.717) is 52.8 Å². The number of fused-ring (bicyclic) bond motifs is 1. The maximum atomic E-state index is 15.0. The van der Waals surface area contributed by atoms with Crippen LogP contribution >= 0.6 is 0 Å². The van der Waals surface area contributed by atoms with Crippen LogP contribution in [0.4, 0.5) is 10.3 Å². The van der Waals surface area contributed by atoms with Crippen molar-refractivity contribution in [3.05, 3.63) is 65.1 Å². The van der Waals surface area contributed by atoms with Crippen LogP contribution in [0.5, 0.6) is 11.5 Å². The number of aromatic nitrogens is 3. The first kappa shape index (κ1) is 21.2. The lowest BCUT2D eigenvalue weighted by molar-refractivity contribution is -0.118. The van der Waals surface area contributed by atoms with E-state index in [-0.39, 0.29) is 17.0 Å². The van der Waals surface area contributed by atoms with Crippen molar-refractivity contribution in [2.24, 2.45) is 5.41 Å². The summed E-state index contributed by atoms with van der Waals surface area (Å²) in [6, 6.07) is 11.2. The zero-order chi connectivity index (χ0) is 23.3. The average molecular weight is 448 g/mol. The number of ether oxygens (including phenoxy) is 2. The van der Waals surface area contributed by atoms with Crippen molar-refractivity contribution in [3.8, 4) is 22.9 Å². The Morgan fingerprint density at radius 3 is 2.45 bits per heavy atom. The third kappa shape index (κ3) is 3.65. The van der Waals surface area contributed by atoms with Gasteiger partial charge in [0.15, 0.2) is 11.6 Å². The normalized spacial score (nSPS) is 18.9. The minimum atomic E-state index is -0.699. The second-order valence-corrected chi connectivity index (χ2v) is 9.19. The molecule has 1 N–H and O–H groups in total. The number of Topliss-reactive ketones (excluding diaryl/α,β-unsaturated/α-hetero) is 1. The van der Waals surface area contributed by atoms with Gasteiger partial charge in [0.05, 0.1) is 14.2 Å². The highest BCUT2D eigenvalue weighted by molar-refractivity contribution is 6.00. The molecule has 0 amide bonds. The molecule has 1 aliphatic carbocycles. The lowest BCUT2D eigenvalue weighted by Gasteiger charge is -2.38. The number of halogens is 1. The molecule has 5 rings (SSSR count). The summed E-state index contributed by atoms with van der Waals surface area (Å²) in [5.41, 5.74) is 2.20. The van der Waals surface area contributed by atoms with Crippen molar-refractivity contribution in [2.45, 2.75) is 32.7 Å². The van der Waals surface area contributed by atoms with Crippen molar-refractivity contribution in [3.63, 3.8) is 0 Å². The SMILES string of the molecule is COc1cc(OC)cc(-c2nc3n(n2)C(c2ccccc2F)C2=C(CC(C)(C)CC2=O)N3)c1. The molecular weight excluding hydrogens is 423 g/mol. The molecule has 0 saturated heterocycles. The Bertz CT molecular complexity index is 1270. The van der Waals surface area contributed by atoms with E-state index in [0.717, 1.165) is 5.70 Å². The van der Waals surface area contributed by atoms with Crippen LogP contribution in [-0.4, -0.2) is 34.8 Å². The third-order valence-corrected chi connectivity index (χ3v) is 6.14. The number of methoxy groups -OCH3 is 2. The summed E-state index contributed by atoms with van der Waals surface area (Å²) in [6.07, 6.45) is 1.05. The monoisotopic (exact) mass is 448 g/mol. The van der Waals surface area contributed by atoms with Gasteiger partial charge in [-0.3, -0.25) is 4.79 Å². The number of nitrogens with zero attached hydrogens (tertiary/aromatic N) is 3. The fraction of sp³-hybridized carbons (Fsp3) is 0.320. The van der Waals surface area contributed by atoms with Crippen LogP contribution in [0.1, 0.15) is 38.3 Å². The number of hydrogen-bond acceptors (Lipinski definition) is 6. The number of benzene rings is 2. The summed E-state index contributed by atoms with van der Waals surface area (Å²) in [5.74, 6) is 1.69. The van der Waals surface area contributed by atoms with Crippen LogP contribution in [-0.2, 0) is 4.79 Å². The zero-order valence-electron chi connectivity index (χ0n) is 19.0. The molecule has 2 aliphatic rings. The van der Waals surface area contributed by atoms with Crippen LogP contribution in [0.2, 0.25) is 0 Å². The van der Waals surface area contributed by atoms with Gasteiger partial charge in [-0.15, -0.1) is 5.10 Å². The quantitative estimate of drug-likeness (QED) is 0.620. The van der Waals surface area contributed by atoms with Crippen molar-refractivity contribution in [2.75, 3.05) is 19.5 Å².